The van der Waals surface area contributed by atoms with E-state index in [0.29, 0.717) is 25.9 Å². The topological polar surface area (TPSA) is 78.7 Å². The second-order valence-electron chi connectivity index (χ2n) is 6.26. The van der Waals surface area contributed by atoms with Crippen LogP contribution in [0.15, 0.2) is 0 Å². The van der Waals surface area contributed by atoms with E-state index in [1.54, 1.807) is 0 Å². The van der Waals surface area contributed by atoms with Crippen LogP contribution < -0.4 is 11.1 Å². The smallest absolute Gasteiger partial charge is 0.242 e. The molecule has 6 heteroatoms. The van der Waals surface area contributed by atoms with Gasteiger partial charge < -0.3 is 16.0 Å². The van der Waals surface area contributed by atoms with Gasteiger partial charge in [0.2, 0.25) is 11.8 Å². The second kappa shape index (κ2) is 6.10. The highest BCUT2D eigenvalue weighted by Crippen LogP contribution is 2.23. The van der Waals surface area contributed by atoms with E-state index in [4.69, 9.17) is 5.73 Å². The van der Waals surface area contributed by atoms with Crippen molar-refractivity contribution in [3.8, 4) is 0 Å². The lowest BCUT2D eigenvalue weighted by molar-refractivity contribution is -0.145. The van der Waals surface area contributed by atoms with Crippen LogP contribution in [-0.4, -0.2) is 66.4 Å². The van der Waals surface area contributed by atoms with Crippen LogP contribution in [0.4, 0.5) is 0 Å². The molecule has 0 aromatic heterocycles. The van der Waals surface area contributed by atoms with Gasteiger partial charge in [-0.05, 0) is 26.7 Å². The largest absolute Gasteiger partial charge is 0.369 e. The highest BCUT2D eigenvalue weighted by atomic mass is 16.2. The van der Waals surface area contributed by atoms with E-state index in [1.807, 2.05) is 18.7 Å². The molecule has 0 unspecified atom stereocenters. The SMILES string of the molecule is CC(C)(C(=O)N1CCC(C(N)=O)CC1)N1CCNCC1. The number of carbonyl (C=O) groups is 2. The van der Waals surface area contributed by atoms with E-state index in [1.165, 1.54) is 0 Å². The van der Waals surface area contributed by atoms with Crippen molar-refractivity contribution in [2.24, 2.45) is 11.7 Å². The maximum atomic E-state index is 12.7. The van der Waals surface area contributed by atoms with E-state index >= 15 is 0 Å². The Labute approximate surface area is 120 Å². The molecule has 0 aliphatic carbocycles. The number of likely N-dealkylation sites (tertiary alicyclic amines) is 1. The van der Waals surface area contributed by atoms with E-state index in [0.717, 1.165) is 26.2 Å². The van der Waals surface area contributed by atoms with E-state index in [9.17, 15) is 9.59 Å². The first-order valence-corrected chi connectivity index (χ1v) is 7.47. The molecule has 2 aliphatic heterocycles. The summed E-state index contributed by atoms with van der Waals surface area (Å²) in [7, 11) is 0. The molecule has 2 fully saturated rings. The fraction of sp³-hybridized carbons (Fsp3) is 0.857. The van der Waals surface area contributed by atoms with Gasteiger partial charge in [-0.25, -0.2) is 0 Å². The number of hydrogen-bond acceptors (Lipinski definition) is 4. The van der Waals surface area contributed by atoms with E-state index in [-0.39, 0.29) is 17.7 Å². The monoisotopic (exact) mass is 282 g/mol. The Morgan fingerprint density at radius 1 is 1.10 bits per heavy atom. The number of primary amides is 1. The number of rotatable bonds is 3. The predicted octanol–water partition coefficient (Wildman–Crippen LogP) is -0.606. The Bertz CT molecular complexity index is 369. The van der Waals surface area contributed by atoms with Crippen LogP contribution in [0.2, 0.25) is 0 Å². The average Bonchev–Trinajstić information content (AvgIpc) is 2.47. The summed E-state index contributed by atoms with van der Waals surface area (Å²) in [4.78, 5) is 28.1. The molecule has 6 nitrogen and oxygen atoms in total. The minimum Gasteiger partial charge on any atom is -0.369 e. The van der Waals surface area contributed by atoms with Gasteiger partial charge in [0.1, 0.15) is 0 Å². The van der Waals surface area contributed by atoms with Gasteiger partial charge in [-0.15, -0.1) is 0 Å². The van der Waals surface area contributed by atoms with Crippen LogP contribution in [-0.2, 0) is 9.59 Å². The summed E-state index contributed by atoms with van der Waals surface area (Å²) >= 11 is 0. The molecule has 0 atom stereocenters. The van der Waals surface area contributed by atoms with Crippen LogP contribution in [0, 0.1) is 5.92 Å². The number of nitrogens with zero attached hydrogens (tertiary/aromatic N) is 2. The summed E-state index contributed by atoms with van der Waals surface area (Å²) in [5, 5.41) is 3.31. The van der Waals surface area contributed by atoms with Crippen LogP contribution in [0.1, 0.15) is 26.7 Å². The summed E-state index contributed by atoms with van der Waals surface area (Å²) in [6.45, 7) is 8.94. The molecule has 0 aromatic carbocycles. The first kappa shape index (κ1) is 15.3. The third-order valence-corrected chi connectivity index (χ3v) is 4.62. The Morgan fingerprint density at radius 3 is 2.15 bits per heavy atom. The fourth-order valence-electron chi connectivity index (χ4n) is 3.11. The molecular weight excluding hydrogens is 256 g/mol. The van der Waals surface area contributed by atoms with Crippen molar-refractivity contribution >= 4 is 11.8 Å². The number of carbonyl (C=O) groups excluding carboxylic acids is 2. The van der Waals surface area contributed by atoms with Crippen LogP contribution in [0.5, 0.6) is 0 Å². The van der Waals surface area contributed by atoms with Gasteiger partial charge in [-0.3, -0.25) is 14.5 Å². The second-order valence-corrected chi connectivity index (χ2v) is 6.26. The van der Waals surface area contributed by atoms with Gasteiger partial charge in [0.05, 0.1) is 5.54 Å². The minimum absolute atomic E-state index is 0.0682. The maximum absolute atomic E-state index is 12.7. The molecule has 20 heavy (non-hydrogen) atoms. The molecule has 0 radical (unpaired) electrons. The van der Waals surface area contributed by atoms with Gasteiger partial charge in [-0.2, -0.15) is 0 Å². The van der Waals surface area contributed by atoms with Crippen molar-refractivity contribution < 1.29 is 9.59 Å². The number of nitrogens with two attached hydrogens (primary N) is 1. The standard InChI is InChI=1S/C14H26N4O2/c1-14(2,18-9-5-16-6-10-18)13(20)17-7-3-11(4-8-17)12(15)19/h11,16H,3-10H2,1-2H3,(H2,15,19). The molecule has 2 rings (SSSR count). The summed E-state index contributed by atoms with van der Waals surface area (Å²) in [6.07, 6.45) is 1.39. The maximum Gasteiger partial charge on any atom is 0.242 e. The van der Waals surface area contributed by atoms with Crippen molar-refractivity contribution in [3.63, 3.8) is 0 Å². The summed E-state index contributed by atoms with van der Waals surface area (Å²) in [6, 6.07) is 0. The molecule has 3 N–H and O–H groups in total. The van der Waals surface area contributed by atoms with Crippen molar-refractivity contribution in [1.29, 1.82) is 0 Å². The number of piperidine rings is 1. The molecule has 2 heterocycles. The average molecular weight is 282 g/mol. The van der Waals surface area contributed by atoms with E-state index < -0.39 is 5.54 Å². The van der Waals surface area contributed by atoms with Gasteiger partial charge in [0.15, 0.2) is 0 Å². The molecule has 0 saturated carbocycles. The Balaban J connectivity index is 1.95. The van der Waals surface area contributed by atoms with Crippen molar-refractivity contribution in [3.05, 3.63) is 0 Å². The normalized spacial score (nSPS) is 22.8. The number of nitrogens with one attached hydrogen (secondary N) is 1. The number of hydrogen-bond donors (Lipinski definition) is 2. The lowest BCUT2D eigenvalue weighted by Gasteiger charge is -2.43. The Kier molecular flexibility index (Phi) is 4.65. The molecule has 2 aliphatic rings. The van der Waals surface area contributed by atoms with Crippen LogP contribution in [0.25, 0.3) is 0 Å². The summed E-state index contributed by atoms with van der Waals surface area (Å²) in [5.41, 5.74) is 4.86. The third kappa shape index (κ3) is 3.12. The van der Waals surface area contributed by atoms with Crippen LogP contribution >= 0.6 is 0 Å². The van der Waals surface area contributed by atoms with Crippen LogP contribution in [0.3, 0.4) is 0 Å². The predicted molar refractivity (Wildman–Crippen MR) is 77.0 cm³/mol. The molecule has 0 aromatic rings. The lowest BCUT2D eigenvalue weighted by atomic mass is 9.93. The third-order valence-electron chi connectivity index (χ3n) is 4.62. The molecule has 2 saturated heterocycles. The van der Waals surface area contributed by atoms with Gasteiger partial charge in [0, 0.05) is 45.2 Å². The Morgan fingerprint density at radius 2 is 1.65 bits per heavy atom. The fourth-order valence-corrected chi connectivity index (χ4v) is 3.11. The zero-order valence-electron chi connectivity index (χ0n) is 12.5. The summed E-state index contributed by atoms with van der Waals surface area (Å²) in [5.74, 6) is -0.137. The minimum atomic E-state index is -0.471. The quantitative estimate of drug-likeness (QED) is 0.724. The van der Waals surface area contributed by atoms with Crippen molar-refractivity contribution in [1.82, 2.24) is 15.1 Å². The van der Waals surface area contributed by atoms with Gasteiger partial charge in [0.25, 0.3) is 0 Å². The first-order chi connectivity index (χ1) is 9.43. The van der Waals surface area contributed by atoms with Crippen molar-refractivity contribution in [2.45, 2.75) is 32.2 Å². The molecule has 114 valence electrons. The number of amides is 2. The molecule has 0 bridgehead atoms. The highest BCUT2D eigenvalue weighted by molar-refractivity contribution is 5.86. The van der Waals surface area contributed by atoms with E-state index in [2.05, 4.69) is 10.2 Å². The molecule has 0 spiro atoms. The lowest BCUT2D eigenvalue weighted by Crippen LogP contribution is -2.61. The van der Waals surface area contributed by atoms with Gasteiger partial charge in [-0.1, -0.05) is 0 Å². The number of piperazine rings is 1. The van der Waals surface area contributed by atoms with Gasteiger partial charge >= 0.3 is 0 Å². The zero-order chi connectivity index (χ0) is 14.8. The molecular formula is C14H26N4O2. The zero-order valence-corrected chi connectivity index (χ0v) is 12.5. The Hall–Kier alpha value is -1.14. The first-order valence-electron chi connectivity index (χ1n) is 7.47. The van der Waals surface area contributed by atoms with Crippen molar-refractivity contribution in [2.75, 3.05) is 39.3 Å². The highest BCUT2D eigenvalue weighted by Gasteiger charge is 2.39. The summed E-state index contributed by atoms with van der Waals surface area (Å²) < 4.78 is 0. The molecule has 2 amide bonds.